The van der Waals surface area contributed by atoms with Crippen molar-refractivity contribution < 1.29 is 37.8 Å². The number of aliphatic hydroxyl groups excluding tert-OH is 1. The molecule has 1 aliphatic carbocycles. The molecule has 162 valence electrons. The van der Waals surface area contributed by atoms with Crippen LogP contribution in [0.2, 0.25) is 0 Å². The van der Waals surface area contributed by atoms with Crippen molar-refractivity contribution in [2.45, 2.75) is 70.5 Å². The summed E-state index contributed by atoms with van der Waals surface area (Å²) in [6.07, 6.45) is -5.35. The molecule has 0 bridgehead atoms. The van der Waals surface area contributed by atoms with Gasteiger partial charge in [-0.2, -0.15) is 13.2 Å². The molecule has 0 aromatic heterocycles. The lowest BCUT2D eigenvalue weighted by Gasteiger charge is -2.33. The molecule has 2 N–H and O–H groups in total. The molecule has 0 spiro atoms. The Hall–Kier alpha value is -2.56. The maximum atomic E-state index is 13.2. The first-order chi connectivity index (χ1) is 13.2. The molecule has 0 unspecified atom stereocenters. The van der Waals surface area contributed by atoms with Gasteiger partial charge in [0.1, 0.15) is 11.2 Å². The fourth-order valence-electron chi connectivity index (χ4n) is 3.24. The molecule has 1 fully saturated rings. The fourth-order valence-corrected chi connectivity index (χ4v) is 3.24. The van der Waals surface area contributed by atoms with Gasteiger partial charge < -0.3 is 14.9 Å². The molecule has 1 amide bonds. The molecule has 1 aromatic rings. The van der Waals surface area contributed by atoms with Crippen LogP contribution in [0.4, 0.5) is 23.7 Å². The summed E-state index contributed by atoms with van der Waals surface area (Å²) in [6.45, 7) is 4.38. The van der Waals surface area contributed by atoms with E-state index in [1.54, 1.807) is 20.8 Å². The van der Waals surface area contributed by atoms with E-state index in [9.17, 15) is 38.3 Å². The number of nitro groups is 1. The van der Waals surface area contributed by atoms with Crippen molar-refractivity contribution in [3.63, 3.8) is 0 Å². The van der Waals surface area contributed by atoms with Crippen LogP contribution in [0.3, 0.4) is 0 Å². The third-order valence-corrected chi connectivity index (χ3v) is 4.48. The number of alkyl halides is 3. The van der Waals surface area contributed by atoms with E-state index in [0.29, 0.717) is 25.3 Å². The Labute approximate surface area is 165 Å². The summed E-state index contributed by atoms with van der Waals surface area (Å²) in [7, 11) is 0. The molecular formula is C18H23F3N2O6. The second-order valence-corrected chi connectivity index (χ2v) is 7.94. The first kappa shape index (κ1) is 22.7. The second-order valence-electron chi connectivity index (χ2n) is 7.94. The Morgan fingerprint density at radius 2 is 1.93 bits per heavy atom. The molecule has 29 heavy (non-hydrogen) atoms. The number of nitro benzene ring substituents is 1. The third-order valence-electron chi connectivity index (χ3n) is 4.48. The minimum atomic E-state index is -5.03. The first-order valence-electron chi connectivity index (χ1n) is 8.96. The number of hydrogen-bond donors (Lipinski definition) is 2. The lowest BCUT2D eigenvalue weighted by molar-refractivity contribution is -0.386. The quantitative estimate of drug-likeness (QED) is 0.563. The number of phenolic OH excluding ortho intramolecular Hbond substituents is 1. The molecule has 0 heterocycles. The number of amides is 1. The molecule has 11 heteroatoms. The Morgan fingerprint density at radius 1 is 1.31 bits per heavy atom. The Bertz CT molecular complexity index is 791. The van der Waals surface area contributed by atoms with E-state index in [2.05, 4.69) is 0 Å². The Morgan fingerprint density at radius 3 is 2.38 bits per heavy atom. The van der Waals surface area contributed by atoms with Crippen molar-refractivity contribution in [3.8, 4) is 5.75 Å². The Balaban J connectivity index is 2.48. The summed E-state index contributed by atoms with van der Waals surface area (Å²) < 4.78 is 45.0. The summed E-state index contributed by atoms with van der Waals surface area (Å²) >= 11 is 0. The van der Waals surface area contributed by atoms with Gasteiger partial charge in [0, 0.05) is 12.6 Å². The number of halogens is 3. The molecule has 1 saturated carbocycles. The van der Waals surface area contributed by atoms with Crippen LogP contribution < -0.4 is 0 Å². The second kappa shape index (κ2) is 8.05. The van der Waals surface area contributed by atoms with Crippen molar-refractivity contribution in [1.82, 2.24) is 4.90 Å². The van der Waals surface area contributed by atoms with Crippen molar-refractivity contribution in [2.24, 2.45) is 0 Å². The van der Waals surface area contributed by atoms with E-state index in [-0.39, 0.29) is 5.56 Å². The highest BCUT2D eigenvalue weighted by Crippen LogP contribution is 2.42. The molecule has 1 aliphatic rings. The number of ether oxygens (including phenoxy) is 1. The topological polar surface area (TPSA) is 113 Å². The fraction of sp³-hybridized carbons (Fsp3) is 0.611. The van der Waals surface area contributed by atoms with E-state index in [1.165, 1.54) is 0 Å². The number of carbonyl (C=O) groups excluding carboxylic acids is 1. The van der Waals surface area contributed by atoms with E-state index in [0.717, 1.165) is 11.0 Å². The highest BCUT2D eigenvalue weighted by molar-refractivity contribution is 5.69. The van der Waals surface area contributed by atoms with Gasteiger partial charge in [-0.05, 0) is 51.7 Å². The van der Waals surface area contributed by atoms with Gasteiger partial charge in [0.15, 0.2) is 0 Å². The number of carbonyl (C=O) groups is 1. The normalized spacial score (nSPS) is 19.8. The summed E-state index contributed by atoms with van der Waals surface area (Å²) in [4.78, 5) is 23.7. The van der Waals surface area contributed by atoms with Crippen LogP contribution >= 0.6 is 0 Å². The monoisotopic (exact) mass is 420 g/mol. The molecular weight excluding hydrogens is 397 g/mol. The number of benzene rings is 1. The highest BCUT2D eigenvalue weighted by Gasteiger charge is 2.40. The van der Waals surface area contributed by atoms with Gasteiger partial charge in [0.2, 0.25) is 5.75 Å². The van der Waals surface area contributed by atoms with Gasteiger partial charge in [0.25, 0.3) is 0 Å². The van der Waals surface area contributed by atoms with Crippen molar-refractivity contribution in [1.29, 1.82) is 0 Å². The molecule has 0 aliphatic heterocycles. The molecule has 1 aromatic carbocycles. The predicted octanol–water partition coefficient (Wildman–Crippen LogP) is 3.97. The maximum absolute atomic E-state index is 13.2. The van der Waals surface area contributed by atoms with E-state index in [4.69, 9.17) is 4.74 Å². The molecule has 0 saturated heterocycles. The van der Waals surface area contributed by atoms with Gasteiger partial charge in [-0.1, -0.05) is 0 Å². The molecule has 8 nitrogen and oxygen atoms in total. The predicted molar refractivity (Wildman–Crippen MR) is 95.2 cm³/mol. The summed E-state index contributed by atoms with van der Waals surface area (Å²) in [5.74, 6) is -1.49. The summed E-state index contributed by atoms with van der Waals surface area (Å²) in [5, 5.41) is 30.9. The van der Waals surface area contributed by atoms with Gasteiger partial charge >= 0.3 is 18.0 Å². The van der Waals surface area contributed by atoms with E-state index < -0.39 is 58.5 Å². The van der Waals surface area contributed by atoms with E-state index >= 15 is 0 Å². The van der Waals surface area contributed by atoms with Crippen molar-refractivity contribution in [2.75, 3.05) is 0 Å². The van der Waals surface area contributed by atoms with Crippen molar-refractivity contribution in [3.05, 3.63) is 33.4 Å². The average molecular weight is 420 g/mol. The standard InChI is InChI=1S/C18H23F3N2O6/c1-17(2,3)29-16(26)22(12-5-4-6-14(12)24)9-10-7-11(18(19,20)21)15(25)13(8-10)23(27)28/h7-8,12,14,24-25H,4-6,9H2,1-3H3/t12-,14-/m0/s1. The van der Waals surface area contributed by atoms with Gasteiger partial charge in [0.05, 0.1) is 17.1 Å². The number of aliphatic hydroxyl groups is 1. The smallest absolute Gasteiger partial charge is 0.420 e. The number of phenols is 1. The minimum Gasteiger partial charge on any atom is -0.502 e. The lowest BCUT2D eigenvalue weighted by Crippen LogP contribution is -2.46. The van der Waals surface area contributed by atoms with E-state index in [1.807, 2.05) is 0 Å². The summed E-state index contributed by atoms with van der Waals surface area (Å²) in [6, 6.07) is 0.636. The number of aromatic hydroxyl groups is 1. The van der Waals surface area contributed by atoms with Crippen LogP contribution in [0, 0.1) is 10.1 Å². The van der Waals surface area contributed by atoms with Gasteiger partial charge in [-0.15, -0.1) is 0 Å². The van der Waals surface area contributed by atoms with Crippen LogP contribution in [-0.2, 0) is 17.5 Å². The zero-order chi connectivity index (χ0) is 22.1. The number of nitrogens with zero attached hydrogens (tertiary/aromatic N) is 2. The highest BCUT2D eigenvalue weighted by atomic mass is 19.4. The Kier molecular flexibility index (Phi) is 6.31. The van der Waals surface area contributed by atoms with Crippen molar-refractivity contribution >= 4 is 11.8 Å². The maximum Gasteiger partial charge on any atom is 0.420 e. The summed E-state index contributed by atoms with van der Waals surface area (Å²) in [5.41, 5.74) is -3.80. The zero-order valence-electron chi connectivity index (χ0n) is 16.2. The zero-order valence-corrected chi connectivity index (χ0v) is 16.2. The number of rotatable bonds is 4. The van der Waals surface area contributed by atoms with Crippen LogP contribution in [0.5, 0.6) is 5.75 Å². The van der Waals surface area contributed by atoms with Gasteiger partial charge in [-0.3, -0.25) is 15.0 Å². The first-order valence-corrected chi connectivity index (χ1v) is 8.96. The molecule has 0 radical (unpaired) electrons. The third kappa shape index (κ3) is 5.49. The minimum absolute atomic E-state index is 0.216. The van der Waals surface area contributed by atoms with Crippen LogP contribution in [-0.4, -0.2) is 43.9 Å². The SMILES string of the molecule is CC(C)(C)OC(=O)N(Cc1cc([N+](=O)[O-])c(O)c(C(F)(F)F)c1)[C@H]1CCC[C@@H]1O. The lowest BCUT2D eigenvalue weighted by atomic mass is 10.1. The average Bonchev–Trinajstić information content (AvgIpc) is 2.96. The molecule has 2 atom stereocenters. The number of hydrogen-bond acceptors (Lipinski definition) is 6. The van der Waals surface area contributed by atoms with Crippen LogP contribution in [0.15, 0.2) is 12.1 Å². The van der Waals surface area contributed by atoms with Crippen LogP contribution in [0.1, 0.15) is 51.2 Å². The largest absolute Gasteiger partial charge is 0.502 e. The van der Waals surface area contributed by atoms with Crippen LogP contribution in [0.25, 0.3) is 0 Å². The van der Waals surface area contributed by atoms with Gasteiger partial charge in [-0.25, -0.2) is 4.79 Å². The molecule has 2 rings (SSSR count).